The lowest BCUT2D eigenvalue weighted by molar-refractivity contribution is -0.124. The monoisotopic (exact) mass is 410 g/mol. The molecule has 1 fully saturated rings. The van der Waals surface area contributed by atoms with Crippen molar-refractivity contribution in [3.05, 3.63) is 58.4 Å². The van der Waals surface area contributed by atoms with Gasteiger partial charge in [-0.05, 0) is 68.8 Å². The first kappa shape index (κ1) is 22.2. The summed E-state index contributed by atoms with van der Waals surface area (Å²) in [6.45, 7) is 9.74. The van der Waals surface area contributed by atoms with Crippen molar-refractivity contribution in [1.29, 1.82) is 0 Å². The van der Waals surface area contributed by atoms with Crippen LogP contribution < -0.4 is 5.48 Å². The van der Waals surface area contributed by atoms with Gasteiger partial charge in [0.15, 0.2) is 0 Å². The van der Waals surface area contributed by atoms with Gasteiger partial charge in [-0.15, -0.1) is 0 Å². The number of hydrogen-bond donors (Lipinski definition) is 2. The number of hydrogen-bond acceptors (Lipinski definition) is 4. The maximum atomic E-state index is 11.1. The van der Waals surface area contributed by atoms with Crippen molar-refractivity contribution in [3.63, 3.8) is 0 Å². The summed E-state index contributed by atoms with van der Waals surface area (Å²) in [5.41, 5.74) is 7.76. The van der Waals surface area contributed by atoms with Gasteiger partial charge in [0.05, 0.1) is 5.69 Å². The van der Waals surface area contributed by atoms with E-state index in [9.17, 15) is 4.79 Å². The lowest BCUT2D eigenvalue weighted by Crippen LogP contribution is -2.26. The molecule has 1 aliphatic rings. The molecule has 1 aromatic carbocycles. The molecule has 162 valence electrons. The van der Waals surface area contributed by atoms with E-state index in [2.05, 4.69) is 42.5 Å². The van der Waals surface area contributed by atoms with Gasteiger partial charge in [-0.3, -0.25) is 19.6 Å². The number of carbonyl (C=O) groups is 1. The largest absolute Gasteiger partial charge is 0.296 e. The van der Waals surface area contributed by atoms with Crippen molar-refractivity contribution in [2.24, 2.45) is 0 Å². The first-order valence-corrected chi connectivity index (χ1v) is 11.0. The second kappa shape index (κ2) is 10.5. The SMILES string of the molecule is CCCCn1nc(C)c(CCN2CCC[C@H]2c2ccc(/C=C/C(=O)NO)cc2)c1C. The van der Waals surface area contributed by atoms with Crippen LogP contribution in [-0.4, -0.2) is 38.9 Å². The topological polar surface area (TPSA) is 70.4 Å². The zero-order chi connectivity index (χ0) is 21.5. The summed E-state index contributed by atoms with van der Waals surface area (Å²) in [6.07, 6.45) is 8.81. The zero-order valence-corrected chi connectivity index (χ0v) is 18.4. The molecule has 1 saturated heterocycles. The number of aromatic nitrogens is 2. The molecule has 0 aliphatic carbocycles. The van der Waals surface area contributed by atoms with Crippen molar-refractivity contribution in [1.82, 2.24) is 20.2 Å². The number of rotatable bonds is 9. The van der Waals surface area contributed by atoms with Crippen LogP contribution in [0.5, 0.6) is 0 Å². The number of nitrogens with zero attached hydrogens (tertiary/aromatic N) is 3. The minimum atomic E-state index is -0.523. The normalized spacial score (nSPS) is 17.1. The number of amides is 1. The van der Waals surface area contributed by atoms with E-state index in [-0.39, 0.29) is 0 Å². The van der Waals surface area contributed by atoms with Gasteiger partial charge in [-0.2, -0.15) is 5.10 Å². The van der Waals surface area contributed by atoms with Crippen molar-refractivity contribution < 1.29 is 10.0 Å². The van der Waals surface area contributed by atoms with Crippen LogP contribution in [0.3, 0.4) is 0 Å². The Morgan fingerprint density at radius 3 is 2.73 bits per heavy atom. The van der Waals surface area contributed by atoms with Crippen molar-refractivity contribution in [3.8, 4) is 0 Å². The summed E-state index contributed by atoms with van der Waals surface area (Å²) in [5, 5.41) is 13.3. The number of nitrogens with one attached hydrogen (secondary N) is 1. The highest BCUT2D eigenvalue weighted by atomic mass is 16.5. The molecule has 6 nitrogen and oxygen atoms in total. The first-order chi connectivity index (χ1) is 14.5. The molecule has 2 N–H and O–H groups in total. The summed E-state index contributed by atoms with van der Waals surface area (Å²) in [4.78, 5) is 13.7. The van der Waals surface area contributed by atoms with Gasteiger partial charge in [0.1, 0.15) is 0 Å². The van der Waals surface area contributed by atoms with Gasteiger partial charge in [-0.1, -0.05) is 37.6 Å². The van der Waals surface area contributed by atoms with Crippen LogP contribution in [0.4, 0.5) is 0 Å². The molecule has 0 spiro atoms. The number of unbranched alkanes of at least 4 members (excludes halogenated alkanes) is 1. The molecule has 2 heterocycles. The Bertz CT molecular complexity index is 870. The third kappa shape index (κ3) is 5.37. The summed E-state index contributed by atoms with van der Waals surface area (Å²) in [6, 6.07) is 8.80. The minimum absolute atomic E-state index is 0.444. The van der Waals surface area contributed by atoms with E-state index in [0.29, 0.717) is 6.04 Å². The van der Waals surface area contributed by atoms with E-state index < -0.39 is 5.91 Å². The highest BCUT2D eigenvalue weighted by molar-refractivity contribution is 5.90. The van der Waals surface area contributed by atoms with Crippen molar-refractivity contribution in [2.75, 3.05) is 13.1 Å². The molecular formula is C24H34N4O2. The van der Waals surface area contributed by atoms with Gasteiger partial charge in [-0.25, -0.2) is 5.48 Å². The average Bonchev–Trinajstić information content (AvgIpc) is 3.33. The molecule has 6 heteroatoms. The van der Waals surface area contributed by atoms with Gasteiger partial charge in [0.2, 0.25) is 0 Å². The number of carbonyl (C=O) groups excluding carboxylic acids is 1. The smallest absolute Gasteiger partial charge is 0.267 e. The van der Waals surface area contributed by atoms with Gasteiger partial charge >= 0.3 is 0 Å². The summed E-state index contributed by atoms with van der Waals surface area (Å²) in [5.74, 6) is -0.523. The third-order valence-electron chi connectivity index (χ3n) is 6.13. The quantitative estimate of drug-likeness (QED) is 0.369. The Morgan fingerprint density at radius 1 is 1.27 bits per heavy atom. The Morgan fingerprint density at radius 2 is 2.03 bits per heavy atom. The second-order valence-corrected chi connectivity index (χ2v) is 8.15. The van der Waals surface area contributed by atoms with E-state index in [1.807, 2.05) is 12.1 Å². The summed E-state index contributed by atoms with van der Waals surface area (Å²) < 4.78 is 2.18. The fourth-order valence-corrected chi connectivity index (χ4v) is 4.39. The Kier molecular flexibility index (Phi) is 7.82. The van der Waals surface area contributed by atoms with Crippen LogP contribution >= 0.6 is 0 Å². The van der Waals surface area contributed by atoms with Gasteiger partial charge < -0.3 is 0 Å². The number of benzene rings is 1. The van der Waals surface area contributed by atoms with E-state index in [1.165, 1.54) is 54.3 Å². The van der Waals surface area contributed by atoms with Gasteiger partial charge in [0, 0.05) is 30.9 Å². The standard InChI is InChI=1S/C24H34N4O2/c1-4-5-16-28-19(3)22(18(2)25-28)14-17-27-15-6-7-23(27)21-11-8-20(9-12-21)10-13-24(29)26-30/h8-13,23,30H,4-7,14-17H2,1-3H3,(H,26,29)/b13-10+/t23-/m0/s1. The molecule has 1 aliphatic heterocycles. The highest BCUT2D eigenvalue weighted by Crippen LogP contribution is 2.32. The van der Waals surface area contributed by atoms with Crippen LogP contribution in [-0.2, 0) is 17.8 Å². The van der Waals surface area contributed by atoms with Crippen LogP contribution in [0.15, 0.2) is 30.3 Å². The molecule has 1 atom stereocenters. The van der Waals surface area contributed by atoms with Crippen LogP contribution in [0.1, 0.15) is 66.7 Å². The fraction of sp³-hybridized carbons (Fsp3) is 0.500. The van der Waals surface area contributed by atoms with Crippen molar-refractivity contribution >= 4 is 12.0 Å². The zero-order valence-electron chi connectivity index (χ0n) is 18.4. The molecule has 2 aromatic rings. The molecule has 0 unspecified atom stereocenters. The highest BCUT2D eigenvalue weighted by Gasteiger charge is 2.26. The maximum Gasteiger partial charge on any atom is 0.267 e. The molecule has 1 amide bonds. The Hall–Kier alpha value is -2.44. The number of likely N-dealkylation sites (tertiary alicyclic amines) is 1. The Balaban J connectivity index is 1.63. The maximum absolute atomic E-state index is 11.1. The van der Waals surface area contributed by atoms with Gasteiger partial charge in [0.25, 0.3) is 5.91 Å². The summed E-state index contributed by atoms with van der Waals surface area (Å²) in [7, 11) is 0. The average molecular weight is 411 g/mol. The predicted octanol–water partition coefficient (Wildman–Crippen LogP) is 4.20. The van der Waals surface area contributed by atoms with E-state index in [0.717, 1.165) is 31.6 Å². The molecular weight excluding hydrogens is 376 g/mol. The van der Waals surface area contributed by atoms with Crippen LogP contribution in [0.25, 0.3) is 6.08 Å². The summed E-state index contributed by atoms with van der Waals surface area (Å²) >= 11 is 0. The number of aryl methyl sites for hydroxylation is 2. The third-order valence-corrected chi connectivity index (χ3v) is 6.13. The molecule has 0 bridgehead atoms. The predicted molar refractivity (Wildman–Crippen MR) is 119 cm³/mol. The lowest BCUT2D eigenvalue weighted by Gasteiger charge is -2.25. The van der Waals surface area contributed by atoms with Crippen molar-refractivity contribution in [2.45, 2.75) is 65.5 Å². The fourth-order valence-electron chi connectivity index (χ4n) is 4.39. The van der Waals surface area contributed by atoms with Crippen LogP contribution in [0, 0.1) is 13.8 Å². The molecule has 3 rings (SSSR count). The lowest BCUT2D eigenvalue weighted by atomic mass is 10.0. The van der Waals surface area contributed by atoms with Crippen LogP contribution in [0.2, 0.25) is 0 Å². The molecule has 30 heavy (non-hydrogen) atoms. The second-order valence-electron chi connectivity index (χ2n) is 8.15. The molecule has 1 aromatic heterocycles. The van der Waals surface area contributed by atoms with E-state index in [1.54, 1.807) is 11.6 Å². The first-order valence-electron chi connectivity index (χ1n) is 11.0. The van der Waals surface area contributed by atoms with E-state index >= 15 is 0 Å². The molecule has 0 saturated carbocycles. The number of hydroxylamine groups is 1. The minimum Gasteiger partial charge on any atom is -0.296 e. The Labute approximate surface area is 179 Å². The molecule has 0 radical (unpaired) electrons. The van der Waals surface area contributed by atoms with E-state index in [4.69, 9.17) is 10.3 Å².